The van der Waals surface area contributed by atoms with E-state index >= 15 is 0 Å². The van der Waals surface area contributed by atoms with E-state index in [-0.39, 0.29) is 5.92 Å². The quantitative estimate of drug-likeness (QED) is 0.584. The first kappa shape index (κ1) is 23.6. The van der Waals surface area contributed by atoms with Crippen molar-refractivity contribution < 1.29 is 24.1 Å². The maximum Gasteiger partial charge on any atom is 0.306 e. The molecule has 0 radical (unpaired) electrons. The van der Waals surface area contributed by atoms with Crippen LogP contribution in [0.25, 0.3) is 11.0 Å². The maximum absolute atomic E-state index is 10.9. The number of piperidine rings is 1. The van der Waals surface area contributed by atoms with Gasteiger partial charge in [0.2, 0.25) is 5.88 Å². The second kappa shape index (κ2) is 11.0. The lowest BCUT2D eigenvalue weighted by atomic mass is 9.97. The third kappa shape index (κ3) is 5.85. The SMILES string of the molecule is COc1ccc2nccc(N)c2n1.O=C(O)C1CCN(CCc2ccc3c(c2)OCCO3)CC1. The smallest absolute Gasteiger partial charge is 0.306 e. The Hall–Kier alpha value is -3.59. The van der Waals surface area contributed by atoms with Gasteiger partial charge in [-0.05, 0) is 62.2 Å². The van der Waals surface area contributed by atoms with Crippen LogP contribution in [0.15, 0.2) is 42.6 Å². The molecule has 2 aromatic heterocycles. The minimum Gasteiger partial charge on any atom is -0.486 e. The number of ether oxygens (including phenoxy) is 3. The van der Waals surface area contributed by atoms with Crippen molar-refractivity contribution in [3.8, 4) is 17.4 Å². The molecule has 1 saturated heterocycles. The Labute approximate surface area is 198 Å². The molecule has 0 aliphatic carbocycles. The number of fused-ring (bicyclic) bond motifs is 2. The molecule has 0 amide bonds. The summed E-state index contributed by atoms with van der Waals surface area (Å²) in [5, 5.41) is 9.00. The fourth-order valence-corrected chi connectivity index (χ4v) is 4.07. The first-order chi connectivity index (χ1) is 16.5. The summed E-state index contributed by atoms with van der Waals surface area (Å²) in [6.07, 6.45) is 4.13. The largest absolute Gasteiger partial charge is 0.486 e. The number of carboxylic acid groups (broad SMARTS) is 1. The predicted octanol–water partition coefficient (Wildman–Crippen LogP) is 3.02. The van der Waals surface area contributed by atoms with Gasteiger partial charge in [0.05, 0.1) is 24.2 Å². The highest BCUT2D eigenvalue weighted by molar-refractivity contribution is 5.86. The summed E-state index contributed by atoms with van der Waals surface area (Å²) in [4.78, 5) is 21.6. The molecule has 0 spiro atoms. The minimum atomic E-state index is -0.651. The number of hydrogen-bond donors (Lipinski definition) is 2. The number of carboxylic acids is 1. The van der Waals surface area contributed by atoms with Crippen LogP contribution in [-0.2, 0) is 11.2 Å². The standard InChI is InChI=1S/C16H21NO4.C9H9N3O/c18-16(19)13-4-7-17(8-5-13)6-3-12-1-2-14-15(11-12)21-10-9-20-14;1-13-8-3-2-7-9(12-8)6(10)4-5-11-7/h1-2,11,13H,3-10H2,(H,18,19);2-5H,1H3,(H2,10,11). The lowest BCUT2D eigenvalue weighted by molar-refractivity contribution is -0.143. The molecule has 9 nitrogen and oxygen atoms in total. The number of aromatic nitrogens is 2. The molecule has 2 aliphatic heterocycles. The van der Waals surface area contributed by atoms with E-state index in [2.05, 4.69) is 27.0 Å². The fourth-order valence-electron chi connectivity index (χ4n) is 4.07. The molecule has 0 saturated carbocycles. The van der Waals surface area contributed by atoms with Gasteiger partial charge in [-0.25, -0.2) is 4.98 Å². The number of nitrogens with zero attached hydrogens (tertiary/aromatic N) is 3. The van der Waals surface area contributed by atoms with Gasteiger partial charge in [0, 0.05) is 18.8 Å². The Bertz CT molecular complexity index is 1130. The lowest BCUT2D eigenvalue weighted by Gasteiger charge is -2.30. The van der Waals surface area contributed by atoms with Gasteiger partial charge in [-0.3, -0.25) is 9.78 Å². The Morgan fingerprint density at radius 3 is 2.65 bits per heavy atom. The summed E-state index contributed by atoms with van der Waals surface area (Å²) >= 11 is 0. The highest BCUT2D eigenvalue weighted by Crippen LogP contribution is 2.31. The number of carbonyl (C=O) groups is 1. The van der Waals surface area contributed by atoms with E-state index in [9.17, 15) is 4.79 Å². The normalized spacial score (nSPS) is 15.9. The molecule has 180 valence electrons. The van der Waals surface area contributed by atoms with Crippen LogP contribution in [0.4, 0.5) is 5.69 Å². The third-order valence-corrected chi connectivity index (χ3v) is 6.06. The summed E-state index contributed by atoms with van der Waals surface area (Å²) in [6.45, 7) is 3.94. The third-order valence-electron chi connectivity index (χ3n) is 6.06. The van der Waals surface area contributed by atoms with Crippen molar-refractivity contribution in [1.29, 1.82) is 0 Å². The van der Waals surface area contributed by atoms with Crippen molar-refractivity contribution in [2.45, 2.75) is 19.3 Å². The van der Waals surface area contributed by atoms with Gasteiger partial charge in [-0.1, -0.05) is 6.07 Å². The van der Waals surface area contributed by atoms with E-state index in [1.807, 2.05) is 12.1 Å². The molecule has 5 rings (SSSR count). The van der Waals surface area contributed by atoms with E-state index in [1.54, 1.807) is 25.4 Å². The number of pyridine rings is 2. The van der Waals surface area contributed by atoms with Crippen LogP contribution in [0.3, 0.4) is 0 Å². The minimum absolute atomic E-state index is 0.157. The summed E-state index contributed by atoms with van der Waals surface area (Å²) in [6, 6.07) is 11.4. The molecule has 2 aliphatic rings. The van der Waals surface area contributed by atoms with Crippen molar-refractivity contribution >= 4 is 22.7 Å². The first-order valence-electron chi connectivity index (χ1n) is 11.4. The van der Waals surface area contributed by atoms with Crippen molar-refractivity contribution in [2.75, 3.05) is 45.7 Å². The zero-order chi connectivity index (χ0) is 23.9. The zero-order valence-corrected chi connectivity index (χ0v) is 19.3. The Kier molecular flexibility index (Phi) is 7.64. The number of nitrogen functional groups attached to an aromatic ring is 1. The Morgan fingerprint density at radius 2 is 1.91 bits per heavy atom. The van der Waals surface area contributed by atoms with Crippen LogP contribution in [0.2, 0.25) is 0 Å². The summed E-state index contributed by atoms with van der Waals surface area (Å²) in [7, 11) is 1.57. The van der Waals surface area contributed by atoms with E-state index in [0.717, 1.165) is 55.9 Å². The predicted molar refractivity (Wildman–Crippen MR) is 128 cm³/mol. The van der Waals surface area contributed by atoms with Gasteiger partial charge in [0.1, 0.15) is 18.7 Å². The summed E-state index contributed by atoms with van der Waals surface area (Å²) < 4.78 is 16.1. The van der Waals surface area contributed by atoms with Crippen LogP contribution in [0, 0.1) is 5.92 Å². The number of benzene rings is 1. The van der Waals surface area contributed by atoms with E-state index in [1.165, 1.54) is 5.56 Å². The van der Waals surface area contributed by atoms with Gasteiger partial charge in [-0.15, -0.1) is 0 Å². The molecule has 3 aromatic rings. The van der Waals surface area contributed by atoms with Crippen molar-refractivity contribution in [3.63, 3.8) is 0 Å². The molecule has 1 fully saturated rings. The molecule has 4 heterocycles. The number of likely N-dealkylation sites (tertiary alicyclic amines) is 1. The van der Waals surface area contributed by atoms with Crippen LogP contribution >= 0.6 is 0 Å². The average Bonchev–Trinajstić information content (AvgIpc) is 2.88. The number of hydrogen-bond acceptors (Lipinski definition) is 8. The zero-order valence-electron chi connectivity index (χ0n) is 19.3. The summed E-state index contributed by atoms with van der Waals surface area (Å²) in [5.74, 6) is 1.40. The number of anilines is 1. The monoisotopic (exact) mass is 466 g/mol. The second-order valence-electron chi connectivity index (χ2n) is 8.30. The van der Waals surface area contributed by atoms with Gasteiger partial charge < -0.3 is 30.0 Å². The van der Waals surface area contributed by atoms with Crippen molar-refractivity contribution in [2.24, 2.45) is 5.92 Å². The van der Waals surface area contributed by atoms with Crippen LogP contribution in [0.1, 0.15) is 18.4 Å². The van der Waals surface area contributed by atoms with E-state index < -0.39 is 5.97 Å². The molecule has 0 atom stereocenters. The Morgan fingerprint density at radius 1 is 1.15 bits per heavy atom. The fraction of sp³-hybridized carbons (Fsp3) is 0.400. The highest BCUT2D eigenvalue weighted by Gasteiger charge is 2.24. The van der Waals surface area contributed by atoms with Crippen molar-refractivity contribution in [3.05, 3.63) is 48.2 Å². The molecular weight excluding hydrogens is 436 g/mol. The molecule has 1 aromatic carbocycles. The van der Waals surface area contributed by atoms with E-state index in [0.29, 0.717) is 30.3 Å². The number of aliphatic carboxylic acids is 1. The number of rotatable bonds is 5. The topological polar surface area (TPSA) is 120 Å². The summed E-state index contributed by atoms with van der Waals surface area (Å²) in [5.41, 5.74) is 9.03. The second-order valence-corrected chi connectivity index (χ2v) is 8.30. The van der Waals surface area contributed by atoms with Crippen LogP contribution in [0.5, 0.6) is 17.4 Å². The number of methoxy groups -OCH3 is 1. The molecule has 34 heavy (non-hydrogen) atoms. The molecule has 0 unspecified atom stereocenters. The molecular formula is C25H30N4O5. The van der Waals surface area contributed by atoms with E-state index in [4.69, 9.17) is 25.1 Å². The molecule has 0 bridgehead atoms. The van der Waals surface area contributed by atoms with Gasteiger partial charge in [0.15, 0.2) is 11.5 Å². The van der Waals surface area contributed by atoms with Gasteiger partial charge in [0.25, 0.3) is 0 Å². The van der Waals surface area contributed by atoms with Crippen LogP contribution in [-0.4, -0.2) is 65.9 Å². The average molecular weight is 467 g/mol. The van der Waals surface area contributed by atoms with Crippen LogP contribution < -0.4 is 19.9 Å². The molecule has 9 heteroatoms. The lowest BCUT2D eigenvalue weighted by Crippen LogP contribution is -2.37. The van der Waals surface area contributed by atoms with Crippen molar-refractivity contribution in [1.82, 2.24) is 14.9 Å². The number of nitrogens with two attached hydrogens (primary N) is 1. The molecule has 3 N–H and O–H groups in total. The van der Waals surface area contributed by atoms with Gasteiger partial charge in [-0.2, -0.15) is 0 Å². The Balaban J connectivity index is 0.000000180. The first-order valence-corrected chi connectivity index (χ1v) is 11.4. The highest BCUT2D eigenvalue weighted by atomic mass is 16.6. The van der Waals surface area contributed by atoms with Gasteiger partial charge >= 0.3 is 5.97 Å². The maximum atomic E-state index is 10.9.